The summed E-state index contributed by atoms with van der Waals surface area (Å²) in [6.07, 6.45) is 1.54. The van der Waals surface area contributed by atoms with Gasteiger partial charge in [0.05, 0.1) is 6.04 Å². The van der Waals surface area contributed by atoms with Crippen LogP contribution in [0.15, 0.2) is 24.3 Å². The Morgan fingerprint density at radius 3 is 2.47 bits per heavy atom. The van der Waals surface area contributed by atoms with E-state index in [1.165, 1.54) is 0 Å². The van der Waals surface area contributed by atoms with Gasteiger partial charge in [-0.2, -0.15) is 0 Å². The molecule has 1 amide bonds. The van der Waals surface area contributed by atoms with E-state index in [1.54, 1.807) is 36.2 Å². The number of nitrogens with zero attached hydrogens (tertiary/aromatic N) is 1. The van der Waals surface area contributed by atoms with Crippen LogP contribution in [0, 0.1) is 5.92 Å². The fraction of sp³-hybridized carbons (Fsp3) is 0.533. The maximum Gasteiger partial charge on any atom is 0.239 e. The summed E-state index contributed by atoms with van der Waals surface area (Å²) in [7, 11) is 1.80. The first-order valence-corrected chi connectivity index (χ1v) is 6.72. The molecule has 0 spiro atoms. The summed E-state index contributed by atoms with van der Waals surface area (Å²) in [4.78, 5) is 13.8. The maximum atomic E-state index is 12.1. The lowest BCUT2D eigenvalue weighted by molar-refractivity contribution is -0.131. The molecule has 0 aliphatic rings. The molecule has 4 nitrogen and oxygen atoms in total. The lowest BCUT2D eigenvalue weighted by Crippen LogP contribution is -2.44. The SMILES string of the molecule is CCC(C)CN(C)C(=O)[C@@H](N)Cc1ccc(O)cc1. The Labute approximate surface area is 115 Å². The third-order valence-electron chi connectivity index (χ3n) is 3.37. The second kappa shape index (κ2) is 7.14. The monoisotopic (exact) mass is 264 g/mol. The van der Waals surface area contributed by atoms with Crippen LogP contribution in [0.25, 0.3) is 0 Å². The first kappa shape index (κ1) is 15.5. The molecule has 4 heteroatoms. The standard InChI is InChI=1S/C15H24N2O2/c1-4-11(2)10-17(3)15(19)14(16)9-12-5-7-13(18)8-6-12/h5-8,11,14,18H,4,9-10,16H2,1-3H3/t11?,14-/m0/s1. The first-order chi connectivity index (χ1) is 8.93. The van der Waals surface area contributed by atoms with Crippen molar-refractivity contribution in [2.45, 2.75) is 32.7 Å². The third kappa shape index (κ3) is 4.91. The van der Waals surface area contributed by atoms with E-state index in [9.17, 15) is 9.90 Å². The van der Waals surface area contributed by atoms with E-state index in [4.69, 9.17) is 5.73 Å². The largest absolute Gasteiger partial charge is 0.508 e. The second-order valence-corrected chi connectivity index (χ2v) is 5.21. The minimum atomic E-state index is -0.529. The van der Waals surface area contributed by atoms with E-state index in [-0.39, 0.29) is 11.7 Å². The molecule has 0 bridgehead atoms. The fourth-order valence-corrected chi connectivity index (χ4v) is 1.94. The van der Waals surface area contributed by atoms with Crippen LogP contribution < -0.4 is 5.73 Å². The molecule has 106 valence electrons. The molecule has 1 unspecified atom stereocenters. The molecular weight excluding hydrogens is 240 g/mol. The normalized spacial score (nSPS) is 13.9. The van der Waals surface area contributed by atoms with Gasteiger partial charge in [0.25, 0.3) is 0 Å². The van der Waals surface area contributed by atoms with Crippen molar-refractivity contribution in [1.82, 2.24) is 4.90 Å². The number of hydrogen-bond donors (Lipinski definition) is 2. The number of phenolic OH excluding ortho intramolecular Hbond substituents is 1. The Bertz CT molecular complexity index is 403. The molecule has 2 atom stereocenters. The van der Waals surface area contributed by atoms with Crippen molar-refractivity contribution in [3.8, 4) is 5.75 Å². The highest BCUT2D eigenvalue weighted by atomic mass is 16.3. The average molecular weight is 264 g/mol. The predicted octanol–water partition coefficient (Wildman–Crippen LogP) is 1.77. The Morgan fingerprint density at radius 1 is 1.37 bits per heavy atom. The van der Waals surface area contributed by atoms with Gasteiger partial charge in [-0.25, -0.2) is 0 Å². The molecule has 1 rings (SSSR count). The Balaban J connectivity index is 2.54. The summed E-state index contributed by atoms with van der Waals surface area (Å²) >= 11 is 0. The molecule has 0 saturated carbocycles. The fourth-order valence-electron chi connectivity index (χ4n) is 1.94. The highest BCUT2D eigenvalue weighted by Crippen LogP contribution is 2.12. The van der Waals surface area contributed by atoms with Gasteiger partial charge >= 0.3 is 0 Å². The minimum absolute atomic E-state index is 0.0339. The van der Waals surface area contributed by atoms with Crippen molar-refractivity contribution in [2.75, 3.05) is 13.6 Å². The molecule has 0 radical (unpaired) electrons. The predicted molar refractivity (Wildman–Crippen MR) is 76.9 cm³/mol. The number of rotatable bonds is 6. The van der Waals surface area contributed by atoms with E-state index in [2.05, 4.69) is 13.8 Å². The minimum Gasteiger partial charge on any atom is -0.508 e. The third-order valence-corrected chi connectivity index (χ3v) is 3.37. The summed E-state index contributed by atoms with van der Waals surface area (Å²) in [5.74, 6) is 0.667. The Kier molecular flexibility index (Phi) is 5.83. The number of nitrogens with two attached hydrogens (primary N) is 1. The number of carbonyl (C=O) groups excluding carboxylic acids is 1. The molecule has 1 aromatic rings. The zero-order chi connectivity index (χ0) is 14.4. The number of phenols is 1. The molecule has 0 fully saturated rings. The van der Waals surface area contributed by atoms with Crippen molar-refractivity contribution in [3.05, 3.63) is 29.8 Å². The molecule has 1 aromatic carbocycles. The smallest absolute Gasteiger partial charge is 0.239 e. The number of likely N-dealkylation sites (N-methyl/N-ethyl adjacent to an activating group) is 1. The topological polar surface area (TPSA) is 66.6 Å². The molecule has 0 saturated heterocycles. The first-order valence-electron chi connectivity index (χ1n) is 6.72. The number of carbonyl (C=O) groups is 1. The number of hydrogen-bond acceptors (Lipinski definition) is 3. The van der Waals surface area contributed by atoms with Gasteiger partial charge in [-0.3, -0.25) is 4.79 Å². The molecule has 0 heterocycles. The lowest BCUT2D eigenvalue weighted by atomic mass is 10.0. The number of amides is 1. The molecule has 0 aliphatic carbocycles. The summed E-state index contributed by atoms with van der Waals surface area (Å²) < 4.78 is 0. The van der Waals surface area contributed by atoms with Crippen molar-refractivity contribution in [3.63, 3.8) is 0 Å². The van der Waals surface area contributed by atoms with Gasteiger partial charge in [0, 0.05) is 13.6 Å². The Morgan fingerprint density at radius 2 is 1.95 bits per heavy atom. The average Bonchev–Trinajstić information content (AvgIpc) is 2.40. The number of aromatic hydroxyl groups is 1. The van der Waals surface area contributed by atoms with Crippen LogP contribution in [-0.2, 0) is 11.2 Å². The van der Waals surface area contributed by atoms with Crippen LogP contribution >= 0.6 is 0 Å². The van der Waals surface area contributed by atoms with Gasteiger partial charge in [-0.1, -0.05) is 32.4 Å². The summed E-state index contributed by atoms with van der Waals surface area (Å²) in [6.45, 7) is 4.97. The Hall–Kier alpha value is -1.55. The quantitative estimate of drug-likeness (QED) is 0.823. The van der Waals surface area contributed by atoms with Crippen LogP contribution in [0.4, 0.5) is 0 Å². The molecule has 0 aromatic heterocycles. The van der Waals surface area contributed by atoms with Crippen LogP contribution in [0.2, 0.25) is 0 Å². The van der Waals surface area contributed by atoms with Crippen molar-refractivity contribution in [2.24, 2.45) is 11.7 Å². The van der Waals surface area contributed by atoms with E-state index < -0.39 is 6.04 Å². The van der Waals surface area contributed by atoms with E-state index >= 15 is 0 Å². The molecule has 0 aliphatic heterocycles. The van der Waals surface area contributed by atoms with Gasteiger partial charge in [0.1, 0.15) is 5.75 Å². The molecule has 19 heavy (non-hydrogen) atoms. The van der Waals surface area contributed by atoms with Crippen LogP contribution in [0.1, 0.15) is 25.8 Å². The molecule has 3 N–H and O–H groups in total. The molecular formula is C15H24N2O2. The zero-order valence-electron chi connectivity index (χ0n) is 12.0. The highest BCUT2D eigenvalue weighted by Gasteiger charge is 2.19. The summed E-state index contributed by atoms with van der Waals surface area (Å²) in [6, 6.07) is 6.26. The van der Waals surface area contributed by atoms with Crippen molar-refractivity contribution >= 4 is 5.91 Å². The van der Waals surface area contributed by atoms with Gasteiger partial charge in [-0.15, -0.1) is 0 Å². The zero-order valence-corrected chi connectivity index (χ0v) is 12.0. The van der Waals surface area contributed by atoms with Crippen LogP contribution in [0.5, 0.6) is 5.75 Å². The van der Waals surface area contributed by atoms with Gasteiger partial charge in [0.15, 0.2) is 0 Å². The summed E-state index contributed by atoms with van der Waals surface area (Å²) in [5, 5.41) is 9.21. The van der Waals surface area contributed by atoms with Crippen molar-refractivity contribution < 1.29 is 9.90 Å². The summed E-state index contributed by atoms with van der Waals surface area (Å²) in [5.41, 5.74) is 6.91. The van der Waals surface area contributed by atoms with E-state index in [0.717, 1.165) is 18.5 Å². The maximum absolute atomic E-state index is 12.1. The van der Waals surface area contributed by atoms with E-state index in [1.807, 2.05) is 0 Å². The van der Waals surface area contributed by atoms with Gasteiger partial charge in [0.2, 0.25) is 5.91 Å². The lowest BCUT2D eigenvalue weighted by Gasteiger charge is -2.24. The van der Waals surface area contributed by atoms with E-state index in [0.29, 0.717) is 12.3 Å². The van der Waals surface area contributed by atoms with Gasteiger partial charge in [-0.05, 0) is 30.0 Å². The number of benzene rings is 1. The van der Waals surface area contributed by atoms with Crippen LogP contribution in [-0.4, -0.2) is 35.5 Å². The highest BCUT2D eigenvalue weighted by molar-refractivity contribution is 5.81. The van der Waals surface area contributed by atoms with Crippen molar-refractivity contribution in [1.29, 1.82) is 0 Å². The van der Waals surface area contributed by atoms with Crippen LogP contribution in [0.3, 0.4) is 0 Å². The second-order valence-electron chi connectivity index (χ2n) is 5.21. The van der Waals surface area contributed by atoms with Gasteiger partial charge < -0.3 is 15.7 Å².